The lowest BCUT2D eigenvalue weighted by Gasteiger charge is -2.06. The molecule has 0 amide bonds. The first kappa shape index (κ1) is 19.0. The Hall–Kier alpha value is -3.80. The van der Waals surface area contributed by atoms with Gasteiger partial charge in [-0.25, -0.2) is 4.57 Å². The van der Waals surface area contributed by atoms with Gasteiger partial charge in [0.15, 0.2) is 0 Å². The van der Waals surface area contributed by atoms with Crippen molar-refractivity contribution in [2.24, 2.45) is 4.99 Å². The maximum absolute atomic E-state index is 13.0. The molecule has 1 aromatic carbocycles. The molecule has 0 unspecified atom stereocenters. The highest BCUT2D eigenvalue weighted by Crippen LogP contribution is 2.34. The molecule has 0 aliphatic rings. The zero-order chi connectivity index (χ0) is 20.3. The predicted molar refractivity (Wildman–Crippen MR) is 109 cm³/mol. The molecule has 0 saturated heterocycles. The van der Waals surface area contributed by atoms with Crippen molar-refractivity contribution in [3.63, 3.8) is 0 Å². The molecule has 0 spiro atoms. The van der Waals surface area contributed by atoms with Crippen molar-refractivity contribution in [1.29, 1.82) is 0 Å². The van der Waals surface area contributed by atoms with Gasteiger partial charge in [-0.1, -0.05) is 30.4 Å². The Labute approximate surface area is 162 Å². The van der Waals surface area contributed by atoms with Crippen LogP contribution in [-0.2, 0) is 0 Å². The number of aryl methyl sites for hydroxylation is 1. The van der Waals surface area contributed by atoms with E-state index >= 15 is 0 Å². The van der Waals surface area contributed by atoms with Crippen LogP contribution in [0.1, 0.15) is 33.3 Å². The van der Waals surface area contributed by atoms with Crippen LogP contribution in [-0.4, -0.2) is 33.1 Å². The molecule has 28 heavy (non-hydrogen) atoms. The fourth-order valence-corrected chi connectivity index (χ4v) is 2.93. The summed E-state index contributed by atoms with van der Waals surface area (Å²) in [7, 11) is 0. The van der Waals surface area contributed by atoms with Gasteiger partial charge >= 0.3 is 0 Å². The maximum atomic E-state index is 13.0. The number of rotatable bonds is 5. The van der Waals surface area contributed by atoms with Gasteiger partial charge in [0.1, 0.15) is 11.4 Å². The molecule has 140 valence electrons. The molecular formula is C22H19N3O3. The van der Waals surface area contributed by atoms with Gasteiger partial charge in [0.2, 0.25) is 11.7 Å². The van der Waals surface area contributed by atoms with E-state index in [0.717, 1.165) is 10.1 Å². The minimum Gasteiger partial charge on any atom is -0.494 e. The van der Waals surface area contributed by atoms with E-state index in [2.05, 4.69) is 16.7 Å². The number of nitrogens with zero attached hydrogens (tertiary/aromatic N) is 3. The van der Waals surface area contributed by atoms with Crippen LogP contribution in [0.2, 0.25) is 0 Å². The third-order valence-corrected chi connectivity index (χ3v) is 4.26. The number of pyridine rings is 1. The molecule has 0 atom stereocenters. The molecule has 2 heterocycles. The highest BCUT2D eigenvalue weighted by Gasteiger charge is 2.28. The van der Waals surface area contributed by atoms with E-state index in [0.29, 0.717) is 10.9 Å². The second-order valence-corrected chi connectivity index (χ2v) is 6.14. The van der Waals surface area contributed by atoms with E-state index in [-0.39, 0.29) is 17.0 Å². The molecule has 0 bridgehead atoms. The van der Waals surface area contributed by atoms with E-state index in [1.165, 1.54) is 12.3 Å². The summed E-state index contributed by atoms with van der Waals surface area (Å²) in [4.78, 5) is 33.9. The van der Waals surface area contributed by atoms with Crippen molar-refractivity contribution < 1.29 is 14.7 Å². The molecule has 6 heteroatoms. The van der Waals surface area contributed by atoms with Gasteiger partial charge in [-0.3, -0.25) is 19.6 Å². The second kappa shape index (κ2) is 7.84. The summed E-state index contributed by atoms with van der Waals surface area (Å²) in [5.41, 5.74) is 1.54. The minimum absolute atomic E-state index is 0.0245. The molecule has 0 fully saturated rings. The van der Waals surface area contributed by atoms with Crippen molar-refractivity contribution in [1.82, 2.24) is 9.55 Å². The SMILES string of the molecule is C=N/C(=C\C=C/C)C(=O)n1c(O)c(C(=O)c2ccccn2)c2ccc(C)cc21. The summed E-state index contributed by atoms with van der Waals surface area (Å²) in [6, 6.07) is 10.2. The number of aromatic hydroxyl groups is 1. The Morgan fingerprint density at radius 3 is 2.68 bits per heavy atom. The Morgan fingerprint density at radius 1 is 1.25 bits per heavy atom. The average Bonchev–Trinajstić information content (AvgIpc) is 2.99. The number of benzene rings is 1. The zero-order valence-corrected chi connectivity index (χ0v) is 15.6. The summed E-state index contributed by atoms with van der Waals surface area (Å²) in [5.74, 6) is -1.50. The van der Waals surface area contributed by atoms with Crippen LogP contribution < -0.4 is 0 Å². The van der Waals surface area contributed by atoms with Gasteiger partial charge in [0, 0.05) is 11.6 Å². The summed E-state index contributed by atoms with van der Waals surface area (Å²) in [5, 5.41) is 11.3. The molecule has 3 aromatic rings. The first-order valence-electron chi connectivity index (χ1n) is 8.63. The number of carbonyl (C=O) groups excluding carboxylic acids is 2. The minimum atomic E-state index is -0.582. The van der Waals surface area contributed by atoms with E-state index < -0.39 is 17.6 Å². The molecule has 6 nitrogen and oxygen atoms in total. The molecule has 2 aromatic heterocycles. The van der Waals surface area contributed by atoms with Gasteiger partial charge in [-0.15, -0.1) is 0 Å². The molecular weight excluding hydrogens is 354 g/mol. The summed E-state index contributed by atoms with van der Waals surface area (Å²) in [6.45, 7) is 7.10. The van der Waals surface area contributed by atoms with Crippen LogP contribution in [0.5, 0.6) is 5.88 Å². The van der Waals surface area contributed by atoms with E-state index in [1.54, 1.807) is 49.4 Å². The van der Waals surface area contributed by atoms with Crippen LogP contribution >= 0.6 is 0 Å². The topological polar surface area (TPSA) is 84.5 Å². The van der Waals surface area contributed by atoms with Gasteiger partial charge < -0.3 is 5.11 Å². The number of hydrogen-bond donors (Lipinski definition) is 1. The smallest absolute Gasteiger partial charge is 0.283 e. The fraction of sp³-hybridized carbons (Fsp3) is 0.0909. The van der Waals surface area contributed by atoms with E-state index in [1.807, 2.05) is 13.0 Å². The molecule has 3 rings (SSSR count). The van der Waals surface area contributed by atoms with Crippen molar-refractivity contribution in [2.45, 2.75) is 13.8 Å². The third kappa shape index (κ3) is 3.27. The maximum Gasteiger partial charge on any atom is 0.283 e. The van der Waals surface area contributed by atoms with Crippen LogP contribution in [0.4, 0.5) is 0 Å². The van der Waals surface area contributed by atoms with Crippen molar-refractivity contribution in [3.05, 3.63) is 83.3 Å². The number of hydrogen-bond acceptors (Lipinski definition) is 5. The molecule has 0 aliphatic heterocycles. The standard InChI is InChI=1S/C22H19N3O3/c1-4-5-8-17(23-3)21(27)25-18-13-14(2)10-11-15(18)19(22(25)28)20(26)16-9-6-7-12-24-16/h4-13,28H,3H2,1-2H3/b5-4-,17-8-. The average molecular weight is 373 g/mol. The number of fused-ring (bicyclic) bond motifs is 1. The highest BCUT2D eigenvalue weighted by molar-refractivity contribution is 6.20. The van der Waals surface area contributed by atoms with Crippen molar-refractivity contribution >= 4 is 29.3 Å². The van der Waals surface area contributed by atoms with Crippen LogP contribution in [0.15, 0.2) is 71.5 Å². The monoisotopic (exact) mass is 373 g/mol. The van der Waals surface area contributed by atoms with Crippen molar-refractivity contribution in [2.75, 3.05) is 0 Å². The Kier molecular flexibility index (Phi) is 5.31. The molecule has 1 N–H and O–H groups in total. The lowest BCUT2D eigenvalue weighted by molar-refractivity contribution is 0.0950. The fourth-order valence-electron chi connectivity index (χ4n) is 2.93. The van der Waals surface area contributed by atoms with Gasteiger partial charge in [0.25, 0.3) is 5.91 Å². The number of ketones is 1. The molecule has 0 saturated carbocycles. The summed E-state index contributed by atoms with van der Waals surface area (Å²) < 4.78 is 1.09. The van der Waals surface area contributed by atoms with Gasteiger partial charge in [-0.2, -0.15) is 0 Å². The normalized spacial score (nSPS) is 11.9. The lowest BCUT2D eigenvalue weighted by Crippen LogP contribution is -2.12. The number of aliphatic imine (C=N–C) groups is 1. The quantitative estimate of drug-likeness (QED) is 0.316. The number of carbonyl (C=O) groups is 2. The first-order chi connectivity index (χ1) is 13.5. The molecule has 0 radical (unpaired) electrons. The van der Waals surface area contributed by atoms with E-state index in [9.17, 15) is 14.7 Å². The molecule has 0 aliphatic carbocycles. The second-order valence-electron chi connectivity index (χ2n) is 6.14. The number of allylic oxidation sites excluding steroid dienone is 4. The summed E-state index contributed by atoms with van der Waals surface area (Å²) >= 11 is 0. The predicted octanol–water partition coefficient (Wildman–Crippen LogP) is 4.08. The summed E-state index contributed by atoms with van der Waals surface area (Å²) in [6.07, 6.45) is 6.39. The van der Waals surface area contributed by atoms with Crippen molar-refractivity contribution in [3.8, 4) is 5.88 Å². The van der Waals surface area contributed by atoms with Crippen LogP contribution in [0.3, 0.4) is 0 Å². The zero-order valence-electron chi connectivity index (χ0n) is 15.6. The lowest BCUT2D eigenvalue weighted by atomic mass is 10.0. The largest absolute Gasteiger partial charge is 0.494 e. The van der Waals surface area contributed by atoms with Crippen LogP contribution in [0, 0.1) is 6.92 Å². The Balaban J connectivity index is 2.29. The number of aromatic nitrogens is 2. The highest BCUT2D eigenvalue weighted by atomic mass is 16.3. The Bertz CT molecular complexity index is 1140. The van der Waals surface area contributed by atoms with Crippen LogP contribution in [0.25, 0.3) is 10.9 Å². The first-order valence-corrected chi connectivity index (χ1v) is 8.63. The van der Waals surface area contributed by atoms with Gasteiger partial charge in [-0.05, 0) is 50.4 Å². The van der Waals surface area contributed by atoms with Gasteiger partial charge in [0.05, 0.1) is 11.1 Å². The Morgan fingerprint density at radius 2 is 2.04 bits per heavy atom. The third-order valence-electron chi connectivity index (χ3n) is 4.26. The van der Waals surface area contributed by atoms with E-state index in [4.69, 9.17) is 0 Å².